The lowest BCUT2D eigenvalue weighted by Gasteiger charge is -2.19. The fourth-order valence-corrected chi connectivity index (χ4v) is 4.37. The van der Waals surface area contributed by atoms with Crippen LogP contribution in [-0.2, 0) is 21.4 Å². The Hall–Kier alpha value is -3.56. The summed E-state index contributed by atoms with van der Waals surface area (Å²) in [6.07, 6.45) is 0. The maximum atomic E-state index is 12.6. The van der Waals surface area contributed by atoms with Crippen molar-refractivity contribution in [1.29, 1.82) is 0 Å². The third-order valence-corrected chi connectivity index (χ3v) is 6.35. The highest BCUT2D eigenvalue weighted by molar-refractivity contribution is 7.89. The molecule has 0 saturated heterocycles. The highest BCUT2D eigenvalue weighted by Crippen LogP contribution is 2.32. The molecule has 2 N–H and O–H groups in total. The van der Waals surface area contributed by atoms with E-state index < -0.39 is 10.0 Å². The molecule has 0 saturated carbocycles. The molecule has 172 valence electrons. The van der Waals surface area contributed by atoms with Crippen LogP contribution in [0.4, 0.5) is 5.69 Å². The van der Waals surface area contributed by atoms with Crippen molar-refractivity contribution in [3.63, 3.8) is 0 Å². The number of ether oxygens (including phenoxy) is 3. The minimum Gasteiger partial charge on any atom is -0.486 e. The van der Waals surface area contributed by atoms with Gasteiger partial charge in [-0.2, -0.15) is 0 Å². The van der Waals surface area contributed by atoms with Crippen molar-refractivity contribution in [3.05, 3.63) is 77.9 Å². The topological polar surface area (TPSA) is 103 Å². The number of carbonyl (C=O) groups is 1. The quantitative estimate of drug-likeness (QED) is 0.526. The SMILES string of the molecule is Cc1cc(S(=O)(=O)NCc2ccccc2)ccc1OCC(=O)Nc1ccc2c(c1)OCCO2. The van der Waals surface area contributed by atoms with Crippen molar-refractivity contribution in [2.45, 2.75) is 18.4 Å². The van der Waals surface area contributed by atoms with Crippen molar-refractivity contribution in [2.75, 3.05) is 25.1 Å². The first kappa shape index (κ1) is 22.6. The van der Waals surface area contributed by atoms with Crippen LogP contribution in [0.25, 0.3) is 0 Å². The van der Waals surface area contributed by atoms with Crippen molar-refractivity contribution in [1.82, 2.24) is 4.72 Å². The van der Waals surface area contributed by atoms with E-state index in [1.165, 1.54) is 12.1 Å². The van der Waals surface area contributed by atoms with Gasteiger partial charge in [0, 0.05) is 18.3 Å². The molecular weight excluding hydrogens is 444 g/mol. The Morgan fingerprint density at radius 2 is 1.73 bits per heavy atom. The molecule has 0 bridgehead atoms. The van der Waals surface area contributed by atoms with Gasteiger partial charge in [0.05, 0.1) is 4.90 Å². The summed E-state index contributed by atoms with van der Waals surface area (Å²) in [6.45, 7) is 2.65. The molecule has 0 aromatic heterocycles. The summed E-state index contributed by atoms with van der Waals surface area (Å²) in [5, 5.41) is 2.74. The Balaban J connectivity index is 1.33. The molecule has 8 nitrogen and oxygen atoms in total. The first-order valence-corrected chi connectivity index (χ1v) is 11.9. The lowest BCUT2D eigenvalue weighted by Crippen LogP contribution is -2.23. The second-order valence-electron chi connectivity index (χ2n) is 7.43. The third-order valence-electron chi connectivity index (χ3n) is 4.95. The van der Waals surface area contributed by atoms with Gasteiger partial charge in [-0.15, -0.1) is 0 Å². The second-order valence-corrected chi connectivity index (χ2v) is 9.20. The number of hydrogen-bond donors (Lipinski definition) is 2. The summed E-state index contributed by atoms with van der Waals surface area (Å²) >= 11 is 0. The number of fused-ring (bicyclic) bond motifs is 1. The number of anilines is 1. The van der Waals surface area contributed by atoms with Crippen LogP contribution in [0.1, 0.15) is 11.1 Å². The van der Waals surface area contributed by atoms with E-state index in [1.54, 1.807) is 31.2 Å². The Morgan fingerprint density at radius 3 is 2.48 bits per heavy atom. The van der Waals surface area contributed by atoms with E-state index in [1.807, 2.05) is 30.3 Å². The number of nitrogens with one attached hydrogen (secondary N) is 2. The van der Waals surface area contributed by atoms with Gasteiger partial charge in [-0.25, -0.2) is 13.1 Å². The normalized spacial score (nSPS) is 12.8. The molecular formula is C24H24N2O6S. The summed E-state index contributed by atoms with van der Waals surface area (Å²) in [5.74, 6) is 1.29. The number of aryl methyl sites for hydroxylation is 1. The van der Waals surface area contributed by atoms with Crippen molar-refractivity contribution >= 4 is 21.6 Å². The average Bonchev–Trinajstić information content (AvgIpc) is 2.82. The summed E-state index contributed by atoms with van der Waals surface area (Å²) in [6, 6.07) is 18.9. The molecule has 0 aliphatic carbocycles. The minimum absolute atomic E-state index is 0.129. The first-order chi connectivity index (χ1) is 15.9. The molecule has 0 unspecified atom stereocenters. The third kappa shape index (κ3) is 5.82. The van der Waals surface area contributed by atoms with E-state index in [0.717, 1.165) is 5.56 Å². The summed E-state index contributed by atoms with van der Waals surface area (Å²) < 4.78 is 44.4. The lowest BCUT2D eigenvalue weighted by molar-refractivity contribution is -0.118. The smallest absolute Gasteiger partial charge is 0.262 e. The van der Waals surface area contributed by atoms with E-state index in [4.69, 9.17) is 14.2 Å². The second kappa shape index (κ2) is 9.93. The molecule has 1 heterocycles. The monoisotopic (exact) mass is 468 g/mol. The first-order valence-electron chi connectivity index (χ1n) is 10.4. The van der Waals surface area contributed by atoms with Crippen molar-refractivity contribution in [3.8, 4) is 17.2 Å². The zero-order chi connectivity index (χ0) is 23.3. The molecule has 9 heteroatoms. The van der Waals surface area contributed by atoms with E-state index in [2.05, 4.69) is 10.0 Å². The van der Waals surface area contributed by atoms with E-state index in [0.29, 0.717) is 41.7 Å². The molecule has 1 amide bonds. The highest BCUT2D eigenvalue weighted by atomic mass is 32.2. The number of sulfonamides is 1. The van der Waals surface area contributed by atoms with Gasteiger partial charge < -0.3 is 19.5 Å². The number of amides is 1. The predicted octanol–water partition coefficient (Wildman–Crippen LogP) is 3.26. The maximum Gasteiger partial charge on any atom is 0.262 e. The number of carbonyl (C=O) groups excluding carboxylic acids is 1. The summed E-state index contributed by atoms with van der Waals surface area (Å²) in [7, 11) is -3.68. The van der Waals surface area contributed by atoms with Crippen LogP contribution in [0.5, 0.6) is 17.2 Å². The van der Waals surface area contributed by atoms with Crippen LogP contribution in [0.2, 0.25) is 0 Å². The molecule has 1 aliphatic heterocycles. The van der Waals surface area contributed by atoms with E-state index in [-0.39, 0.29) is 24.0 Å². The van der Waals surface area contributed by atoms with Gasteiger partial charge in [0.25, 0.3) is 5.91 Å². The predicted molar refractivity (Wildman–Crippen MR) is 123 cm³/mol. The van der Waals surface area contributed by atoms with Gasteiger partial charge in [0.2, 0.25) is 10.0 Å². The minimum atomic E-state index is -3.68. The van der Waals surface area contributed by atoms with Gasteiger partial charge >= 0.3 is 0 Å². The number of benzene rings is 3. The standard InChI is InChI=1S/C24H24N2O6S/c1-17-13-20(33(28,29)25-15-18-5-3-2-4-6-18)8-10-21(17)32-16-24(27)26-19-7-9-22-23(14-19)31-12-11-30-22/h2-10,13-14,25H,11-12,15-16H2,1H3,(H,26,27). The Bertz CT molecular complexity index is 1250. The van der Waals surface area contributed by atoms with Crippen LogP contribution in [0.15, 0.2) is 71.6 Å². The van der Waals surface area contributed by atoms with Crippen LogP contribution >= 0.6 is 0 Å². The van der Waals surface area contributed by atoms with Crippen LogP contribution in [-0.4, -0.2) is 34.1 Å². The maximum absolute atomic E-state index is 12.6. The highest BCUT2D eigenvalue weighted by Gasteiger charge is 2.16. The molecule has 0 atom stereocenters. The van der Waals surface area contributed by atoms with Gasteiger partial charge in [-0.05, 0) is 48.4 Å². The average molecular weight is 469 g/mol. The largest absolute Gasteiger partial charge is 0.486 e. The molecule has 0 radical (unpaired) electrons. The molecule has 3 aromatic carbocycles. The molecule has 0 fully saturated rings. The number of hydrogen-bond acceptors (Lipinski definition) is 6. The fraction of sp³-hybridized carbons (Fsp3) is 0.208. The zero-order valence-electron chi connectivity index (χ0n) is 18.0. The molecule has 33 heavy (non-hydrogen) atoms. The Labute approximate surface area is 192 Å². The van der Waals surface area contributed by atoms with Crippen LogP contribution < -0.4 is 24.2 Å². The number of rotatable bonds is 8. The Kier molecular flexibility index (Phi) is 6.81. The van der Waals surface area contributed by atoms with Gasteiger partial charge in [-0.1, -0.05) is 30.3 Å². The van der Waals surface area contributed by atoms with E-state index in [9.17, 15) is 13.2 Å². The van der Waals surface area contributed by atoms with Crippen molar-refractivity contribution < 1.29 is 27.4 Å². The Morgan fingerprint density at radius 1 is 0.970 bits per heavy atom. The lowest BCUT2D eigenvalue weighted by atomic mass is 10.2. The summed E-state index contributed by atoms with van der Waals surface area (Å²) in [5.41, 5.74) is 2.03. The van der Waals surface area contributed by atoms with Crippen molar-refractivity contribution in [2.24, 2.45) is 0 Å². The van der Waals surface area contributed by atoms with Crippen LogP contribution in [0.3, 0.4) is 0 Å². The molecule has 4 rings (SSSR count). The summed E-state index contributed by atoms with van der Waals surface area (Å²) in [4.78, 5) is 12.4. The van der Waals surface area contributed by atoms with Gasteiger partial charge in [0.1, 0.15) is 19.0 Å². The van der Waals surface area contributed by atoms with E-state index >= 15 is 0 Å². The molecule has 3 aromatic rings. The molecule has 0 spiro atoms. The van der Waals surface area contributed by atoms with Gasteiger partial charge in [0.15, 0.2) is 18.1 Å². The zero-order valence-corrected chi connectivity index (χ0v) is 18.9. The molecule has 1 aliphatic rings. The van der Waals surface area contributed by atoms with Crippen LogP contribution in [0, 0.1) is 6.92 Å². The van der Waals surface area contributed by atoms with Gasteiger partial charge in [-0.3, -0.25) is 4.79 Å². The fourth-order valence-electron chi connectivity index (χ4n) is 3.27.